The van der Waals surface area contributed by atoms with Crippen LogP contribution in [0.15, 0.2) is 0 Å². The van der Waals surface area contributed by atoms with Gasteiger partial charge in [-0.3, -0.25) is 0 Å². The summed E-state index contributed by atoms with van der Waals surface area (Å²) < 4.78 is 4.61. The highest BCUT2D eigenvalue weighted by molar-refractivity contribution is 4.63. The lowest BCUT2D eigenvalue weighted by molar-refractivity contribution is 0.213. The van der Waals surface area contributed by atoms with Crippen LogP contribution in [0.5, 0.6) is 0 Å². The van der Waals surface area contributed by atoms with Crippen molar-refractivity contribution in [1.29, 1.82) is 0 Å². The molecule has 0 spiro atoms. The van der Waals surface area contributed by atoms with Crippen LogP contribution in [0.4, 0.5) is 0 Å². The first-order chi connectivity index (χ1) is 2.91. The minimum absolute atomic E-state index is 0.594. The van der Waals surface area contributed by atoms with E-state index in [0.717, 1.165) is 0 Å². The number of hydrogen-bond acceptors (Lipinski definition) is 1. The molecular weight excluding hydrogens is 78.0 g/mol. The number of methoxy groups -OCH3 is 1. The molecule has 0 bridgehead atoms. The third-order valence-electron chi connectivity index (χ3n) is 0.425. The molecule has 0 atom stereocenters. The van der Waals surface area contributed by atoms with Crippen molar-refractivity contribution in [3.63, 3.8) is 0 Å². The lowest BCUT2D eigenvalue weighted by Crippen LogP contribution is -1.88. The summed E-state index contributed by atoms with van der Waals surface area (Å²) in [5, 5.41) is 0. The van der Waals surface area contributed by atoms with E-state index in [-0.39, 0.29) is 0 Å². The summed E-state index contributed by atoms with van der Waals surface area (Å²) in [5.74, 6) is 0. The smallest absolute Gasteiger partial charge is 0.286 e. The number of rotatable bonds is 2. The monoisotopic (exact) mass is 86.1 g/mol. The van der Waals surface area contributed by atoms with Gasteiger partial charge < -0.3 is 4.74 Å². The quantitative estimate of drug-likeness (QED) is 0.448. The molecule has 0 rings (SSSR count). The highest BCUT2D eigenvalue weighted by Gasteiger charge is 1.81. The molecule has 6 heavy (non-hydrogen) atoms. The summed E-state index contributed by atoms with van der Waals surface area (Å²) in [4.78, 5) is 3.30. The van der Waals surface area contributed by atoms with Crippen LogP contribution in [-0.4, -0.2) is 20.3 Å². The molecule has 0 aromatic carbocycles. The SMILES string of the molecule is C#[N+]CCOC. The summed E-state index contributed by atoms with van der Waals surface area (Å²) in [7, 11) is 1.62. The zero-order valence-corrected chi connectivity index (χ0v) is 3.85. The Kier molecular flexibility index (Phi) is 4.04. The van der Waals surface area contributed by atoms with E-state index >= 15 is 0 Å². The van der Waals surface area contributed by atoms with Gasteiger partial charge >= 0.3 is 0 Å². The molecule has 0 fully saturated rings. The molecule has 0 N–H and O–H groups in total. The van der Waals surface area contributed by atoms with Gasteiger partial charge in [0.15, 0.2) is 0 Å². The minimum atomic E-state index is 0.594. The molecule has 0 radical (unpaired) electrons. The van der Waals surface area contributed by atoms with Gasteiger partial charge in [0.05, 0.1) is 0 Å². The van der Waals surface area contributed by atoms with E-state index in [2.05, 4.69) is 9.58 Å². The number of nitrogens with zero attached hydrogens (tertiary/aromatic N) is 1. The second-order valence-corrected chi connectivity index (χ2v) is 0.899. The third kappa shape index (κ3) is 3.45. The van der Waals surface area contributed by atoms with Crippen molar-refractivity contribution in [3.05, 3.63) is 4.85 Å². The molecule has 0 aromatic heterocycles. The average Bonchev–Trinajstić information content (AvgIpc) is 1.61. The predicted octanol–water partition coefficient (Wildman–Crippen LogP) is 0.596. The van der Waals surface area contributed by atoms with Crippen molar-refractivity contribution < 1.29 is 4.74 Å². The molecule has 0 heterocycles. The molecule has 2 heteroatoms. The van der Waals surface area contributed by atoms with Crippen LogP contribution in [0.2, 0.25) is 0 Å². The van der Waals surface area contributed by atoms with Gasteiger partial charge in [-0.05, 0) is 0 Å². The lowest BCUT2D eigenvalue weighted by Gasteiger charge is -1.77. The van der Waals surface area contributed by atoms with Gasteiger partial charge in [0.2, 0.25) is 0 Å². The maximum Gasteiger partial charge on any atom is 0.286 e. The largest absolute Gasteiger partial charge is 0.377 e. The molecule has 0 amide bonds. The van der Waals surface area contributed by atoms with Gasteiger partial charge in [-0.15, -0.1) is 0 Å². The van der Waals surface area contributed by atoms with E-state index in [9.17, 15) is 0 Å². The van der Waals surface area contributed by atoms with Crippen LogP contribution in [0.25, 0.3) is 4.85 Å². The van der Waals surface area contributed by atoms with Crippen molar-refractivity contribution in [2.75, 3.05) is 20.3 Å². The molecule has 0 saturated heterocycles. The van der Waals surface area contributed by atoms with E-state index < -0.39 is 0 Å². The van der Waals surface area contributed by atoms with Crippen molar-refractivity contribution in [2.45, 2.75) is 0 Å². The van der Waals surface area contributed by atoms with E-state index in [0.29, 0.717) is 13.2 Å². The standard InChI is InChI=1S/C4H8NO/c1-5-3-4-6-2/h1H,3-4H2,2H3/q+1. The fourth-order valence-corrected chi connectivity index (χ4v) is 0.144. The third-order valence-corrected chi connectivity index (χ3v) is 0.425. The summed E-state index contributed by atoms with van der Waals surface area (Å²) in [6, 6.07) is 0. The summed E-state index contributed by atoms with van der Waals surface area (Å²) in [6.07, 6.45) is 0. The number of ether oxygens (including phenoxy) is 1. The predicted molar refractivity (Wildman–Crippen MR) is 25.0 cm³/mol. The molecule has 0 aliphatic carbocycles. The zero-order chi connectivity index (χ0) is 4.83. The Morgan fingerprint density at radius 2 is 2.50 bits per heavy atom. The number of hydrogen-bond donors (Lipinski definition) is 0. The minimum Gasteiger partial charge on any atom is -0.377 e. The van der Waals surface area contributed by atoms with Crippen LogP contribution in [0.3, 0.4) is 0 Å². The van der Waals surface area contributed by atoms with Crippen LogP contribution < -0.4 is 0 Å². The lowest BCUT2D eigenvalue weighted by atomic mass is 10.7. The van der Waals surface area contributed by atoms with E-state index in [1.165, 1.54) is 0 Å². The first-order valence-electron chi connectivity index (χ1n) is 1.77. The maximum absolute atomic E-state index is 4.76. The Labute approximate surface area is 37.6 Å². The Bertz CT molecular complexity index is 55.1. The molecule has 0 aliphatic rings. The van der Waals surface area contributed by atoms with Crippen LogP contribution in [-0.2, 0) is 4.74 Å². The molecular formula is C4H8NO+. The Morgan fingerprint density at radius 1 is 1.83 bits per heavy atom. The van der Waals surface area contributed by atoms with Crippen molar-refractivity contribution >= 4 is 0 Å². The summed E-state index contributed by atoms with van der Waals surface area (Å²) in [5.41, 5.74) is 0. The Morgan fingerprint density at radius 3 is 2.67 bits per heavy atom. The second kappa shape index (κ2) is 4.45. The molecule has 0 aromatic rings. The maximum atomic E-state index is 4.76. The Hall–Kier alpha value is -0.550. The molecule has 0 aliphatic heterocycles. The molecule has 2 nitrogen and oxygen atoms in total. The van der Waals surface area contributed by atoms with Gasteiger partial charge in [0.1, 0.15) is 6.61 Å². The Balaban J connectivity index is 2.54. The topological polar surface area (TPSA) is 13.6 Å². The summed E-state index contributed by atoms with van der Waals surface area (Å²) in [6.45, 7) is 5.97. The van der Waals surface area contributed by atoms with Gasteiger partial charge in [-0.25, -0.2) is 0 Å². The fourth-order valence-electron chi connectivity index (χ4n) is 0.144. The highest BCUT2D eigenvalue weighted by Crippen LogP contribution is 1.65. The summed E-state index contributed by atoms with van der Waals surface area (Å²) >= 11 is 0. The van der Waals surface area contributed by atoms with E-state index in [1.54, 1.807) is 7.11 Å². The second-order valence-electron chi connectivity index (χ2n) is 0.899. The molecule has 0 saturated carbocycles. The zero-order valence-electron chi connectivity index (χ0n) is 3.85. The van der Waals surface area contributed by atoms with Crippen LogP contribution in [0, 0.1) is 6.57 Å². The van der Waals surface area contributed by atoms with E-state index in [4.69, 9.17) is 6.57 Å². The van der Waals surface area contributed by atoms with Crippen molar-refractivity contribution in [3.8, 4) is 6.57 Å². The van der Waals surface area contributed by atoms with Gasteiger partial charge in [0, 0.05) is 7.11 Å². The average molecular weight is 86.1 g/mol. The fraction of sp³-hybridized carbons (Fsp3) is 0.750. The van der Waals surface area contributed by atoms with Gasteiger partial charge in [-0.2, -0.15) is 0 Å². The van der Waals surface area contributed by atoms with Gasteiger partial charge in [-0.1, -0.05) is 4.85 Å². The first-order valence-corrected chi connectivity index (χ1v) is 1.77. The van der Waals surface area contributed by atoms with Crippen LogP contribution in [0.1, 0.15) is 0 Å². The highest BCUT2D eigenvalue weighted by atomic mass is 16.5. The van der Waals surface area contributed by atoms with Crippen LogP contribution >= 0.6 is 0 Å². The molecule has 0 unspecified atom stereocenters. The van der Waals surface area contributed by atoms with E-state index in [1.807, 2.05) is 0 Å². The van der Waals surface area contributed by atoms with Crippen molar-refractivity contribution in [2.24, 2.45) is 0 Å². The first kappa shape index (κ1) is 5.45. The van der Waals surface area contributed by atoms with Gasteiger partial charge in [0.25, 0.3) is 13.1 Å². The van der Waals surface area contributed by atoms with Crippen molar-refractivity contribution in [1.82, 2.24) is 0 Å². The molecule has 34 valence electrons. The normalized spacial score (nSPS) is 7.33.